The number of hydrogen-bond acceptors (Lipinski definition) is 8. The third-order valence-corrected chi connectivity index (χ3v) is 7.28. The van der Waals surface area contributed by atoms with E-state index in [0.29, 0.717) is 12.4 Å². The van der Waals surface area contributed by atoms with Crippen LogP contribution < -0.4 is 14.4 Å². The number of piperazine rings is 1. The molecular weight excluding hydrogens is 514 g/mol. The Balaban J connectivity index is 1.27. The topological polar surface area (TPSA) is 105 Å². The second-order valence-electron chi connectivity index (χ2n) is 9.52. The number of hydrogen-bond donors (Lipinski definition) is 1. The Morgan fingerprint density at radius 3 is 2.38 bits per heavy atom. The van der Waals surface area contributed by atoms with Crippen molar-refractivity contribution in [2.24, 2.45) is 0 Å². The van der Waals surface area contributed by atoms with E-state index in [1.54, 1.807) is 6.07 Å². The van der Waals surface area contributed by atoms with Crippen LogP contribution in [0.5, 0.6) is 5.75 Å². The Morgan fingerprint density at radius 1 is 0.923 bits per heavy atom. The van der Waals surface area contributed by atoms with Gasteiger partial charge in [0, 0.05) is 32.7 Å². The van der Waals surface area contributed by atoms with Gasteiger partial charge in [-0.25, -0.2) is 13.1 Å². The van der Waals surface area contributed by atoms with Crippen molar-refractivity contribution < 1.29 is 17.9 Å². The van der Waals surface area contributed by atoms with Gasteiger partial charge in [-0.05, 0) is 58.7 Å². The predicted molar refractivity (Wildman–Crippen MR) is 152 cm³/mol. The van der Waals surface area contributed by atoms with E-state index < -0.39 is 15.9 Å². The summed E-state index contributed by atoms with van der Waals surface area (Å²) in [4.78, 5) is 16.5. The summed E-state index contributed by atoms with van der Waals surface area (Å²) < 4.78 is 30.2. The molecule has 5 rings (SSSR count). The Labute approximate surface area is 228 Å². The van der Waals surface area contributed by atoms with Crippen LogP contribution in [0.1, 0.15) is 23.0 Å². The number of anilines is 1. The van der Waals surface area contributed by atoms with Crippen molar-refractivity contribution in [3.8, 4) is 16.9 Å². The molecule has 0 aliphatic carbocycles. The maximum Gasteiger partial charge on any atom is 0.285 e. The number of benzene rings is 3. The summed E-state index contributed by atoms with van der Waals surface area (Å²) in [6, 6.07) is 24.4. The minimum absolute atomic E-state index is 0.0391. The Hall–Kier alpha value is -4.02. The first-order valence-electron chi connectivity index (χ1n) is 12.9. The van der Waals surface area contributed by atoms with Gasteiger partial charge in [0.05, 0.1) is 12.9 Å². The maximum atomic E-state index is 12.0. The molecule has 1 amide bonds. The van der Waals surface area contributed by atoms with Crippen molar-refractivity contribution in [2.75, 3.05) is 43.9 Å². The number of fused-ring (bicyclic) bond motifs is 1. The normalized spacial score (nSPS) is 14.4. The van der Waals surface area contributed by atoms with Gasteiger partial charge in [0.25, 0.3) is 5.91 Å². The molecule has 0 atom stereocenters. The third kappa shape index (κ3) is 6.35. The second-order valence-corrected chi connectivity index (χ2v) is 11.3. The van der Waals surface area contributed by atoms with Crippen LogP contribution in [0, 0.1) is 0 Å². The molecule has 1 aliphatic rings. The average molecular weight is 546 g/mol. The lowest BCUT2D eigenvalue weighted by Crippen LogP contribution is -2.46. The van der Waals surface area contributed by atoms with Gasteiger partial charge >= 0.3 is 0 Å². The molecule has 10 heteroatoms. The summed E-state index contributed by atoms with van der Waals surface area (Å²) in [5.41, 5.74) is 3.57. The SMILES string of the molecule is CCOc1cccc(-c2ccc(CN3CCN(c4ccc(C(=O)NS(C)(=O)=O)nn4)CC3)c3ccccc23)c1. The number of carbonyl (C=O) groups excluding carboxylic acids is 1. The van der Waals surface area contributed by atoms with Crippen LogP contribution in [0.3, 0.4) is 0 Å². The molecule has 4 aromatic rings. The fourth-order valence-electron chi connectivity index (χ4n) is 4.88. The van der Waals surface area contributed by atoms with Gasteiger partial charge in [0.1, 0.15) is 5.75 Å². The largest absolute Gasteiger partial charge is 0.494 e. The second kappa shape index (κ2) is 11.4. The first-order chi connectivity index (χ1) is 18.8. The summed E-state index contributed by atoms with van der Waals surface area (Å²) in [5, 5.41) is 10.5. The molecule has 3 aromatic carbocycles. The molecule has 39 heavy (non-hydrogen) atoms. The zero-order valence-corrected chi connectivity index (χ0v) is 22.8. The van der Waals surface area contributed by atoms with Gasteiger partial charge in [-0.15, -0.1) is 10.2 Å². The number of nitrogens with zero attached hydrogens (tertiary/aromatic N) is 4. The van der Waals surface area contributed by atoms with Crippen molar-refractivity contribution in [3.05, 3.63) is 84.1 Å². The van der Waals surface area contributed by atoms with Crippen LogP contribution in [-0.2, 0) is 16.6 Å². The molecule has 9 nitrogen and oxygen atoms in total. The highest BCUT2D eigenvalue weighted by Crippen LogP contribution is 2.33. The van der Waals surface area contributed by atoms with Crippen molar-refractivity contribution in [2.45, 2.75) is 13.5 Å². The summed E-state index contributed by atoms with van der Waals surface area (Å²) in [5.74, 6) is 0.744. The van der Waals surface area contributed by atoms with Crippen LogP contribution in [0.15, 0.2) is 72.8 Å². The smallest absolute Gasteiger partial charge is 0.285 e. The molecule has 0 unspecified atom stereocenters. The van der Waals surface area contributed by atoms with Gasteiger partial charge in [0.15, 0.2) is 11.5 Å². The Kier molecular flexibility index (Phi) is 7.76. The molecule has 2 heterocycles. The molecule has 1 aromatic heterocycles. The first kappa shape index (κ1) is 26.6. The molecule has 1 fully saturated rings. The standard InChI is InChI=1S/C29H31N5O4S/c1-3-38-23-8-6-7-21(19-23)25-12-11-22(24-9-4-5-10-26(24)25)20-33-15-17-34(18-16-33)28-14-13-27(30-31-28)29(35)32-39(2,36)37/h4-14,19H,3,15-18,20H2,1-2H3,(H,32,35). The number of aromatic nitrogens is 2. The van der Waals surface area contributed by atoms with Gasteiger partial charge in [-0.2, -0.15) is 0 Å². The van der Waals surface area contributed by atoms with E-state index in [0.717, 1.165) is 50.3 Å². The molecule has 0 saturated carbocycles. The molecule has 202 valence electrons. The van der Waals surface area contributed by atoms with Crippen molar-refractivity contribution in [1.29, 1.82) is 0 Å². The molecule has 0 spiro atoms. The number of amides is 1. The Morgan fingerprint density at radius 2 is 1.69 bits per heavy atom. The number of sulfonamides is 1. The predicted octanol–water partition coefficient (Wildman–Crippen LogP) is 3.71. The minimum Gasteiger partial charge on any atom is -0.494 e. The van der Waals surface area contributed by atoms with Crippen LogP contribution >= 0.6 is 0 Å². The maximum absolute atomic E-state index is 12.0. The number of carbonyl (C=O) groups is 1. The van der Waals surface area contributed by atoms with E-state index in [4.69, 9.17) is 4.74 Å². The van der Waals surface area contributed by atoms with Crippen LogP contribution in [0.4, 0.5) is 5.82 Å². The Bertz CT molecular complexity index is 1580. The lowest BCUT2D eigenvalue weighted by Gasteiger charge is -2.35. The van der Waals surface area contributed by atoms with Crippen LogP contribution in [-0.4, -0.2) is 68.5 Å². The number of nitrogens with one attached hydrogen (secondary N) is 1. The van der Waals surface area contributed by atoms with E-state index in [1.807, 2.05) is 23.8 Å². The van der Waals surface area contributed by atoms with Gasteiger partial charge < -0.3 is 9.64 Å². The van der Waals surface area contributed by atoms with E-state index in [2.05, 4.69) is 68.5 Å². The van der Waals surface area contributed by atoms with E-state index in [-0.39, 0.29) is 5.69 Å². The van der Waals surface area contributed by atoms with Crippen molar-refractivity contribution in [1.82, 2.24) is 19.8 Å². The van der Waals surface area contributed by atoms with Gasteiger partial charge in [0.2, 0.25) is 10.0 Å². The first-order valence-corrected chi connectivity index (χ1v) is 14.8. The average Bonchev–Trinajstić information content (AvgIpc) is 2.93. The lowest BCUT2D eigenvalue weighted by atomic mass is 9.94. The third-order valence-electron chi connectivity index (χ3n) is 6.72. The van der Waals surface area contributed by atoms with Crippen molar-refractivity contribution >= 4 is 32.5 Å². The highest BCUT2D eigenvalue weighted by atomic mass is 32.2. The summed E-state index contributed by atoms with van der Waals surface area (Å²) in [6.07, 6.45) is 0.922. The summed E-state index contributed by atoms with van der Waals surface area (Å²) >= 11 is 0. The lowest BCUT2D eigenvalue weighted by molar-refractivity contribution is 0.0976. The van der Waals surface area contributed by atoms with Crippen LogP contribution in [0.2, 0.25) is 0 Å². The van der Waals surface area contributed by atoms with Crippen LogP contribution in [0.25, 0.3) is 21.9 Å². The van der Waals surface area contributed by atoms with E-state index >= 15 is 0 Å². The molecular formula is C29H31N5O4S. The zero-order valence-electron chi connectivity index (χ0n) is 22.0. The quantitative estimate of drug-likeness (QED) is 0.357. The highest BCUT2D eigenvalue weighted by molar-refractivity contribution is 7.89. The molecule has 1 saturated heterocycles. The monoisotopic (exact) mass is 545 g/mol. The zero-order chi connectivity index (χ0) is 27.4. The molecule has 1 aliphatic heterocycles. The summed E-state index contributed by atoms with van der Waals surface area (Å²) in [6.45, 7) is 6.70. The van der Waals surface area contributed by atoms with E-state index in [9.17, 15) is 13.2 Å². The fraction of sp³-hybridized carbons (Fsp3) is 0.276. The van der Waals surface area contributed by atoms with E-state index in [1.165, 1.54) is 28.0 Å². The highest BCUT2D eigenvalue weighted by Gasteiger charge is 2.21. The molecule has 0 bridgehead atoms. The fourth-order valence-corrected chi connectivity index (χ4v) is 5.32. The summed E-state index contributed by atoms with van der Waals surface area (Å²) in [7, 11) is -3.66. The minimum atomic E-state index is -3.66. The van der Waals surface area contributed by atoms with Gasteiger partial charge in [-0.1, -0.05) is 48.5 Å². The molecule has 0 radical (unpaired) electrons. The molecule has 1 N–H and O–H groups in total. The van der Waals surface area contributed by atoms with Gasteiger partial charge in [-0.3, -0.25) is 9.69 Å². The number of rotatable bonds is 8. The number of ether oxygens (including phenoxy) is 1. The van der Waals surface area contributed by atoms with Crippen molar-refractivity contribution in [3.63, 3.8) is 0 Å².